The molecule has 0 bridgehead atoms. The zero-order valence-corrected chi connectivity index (χ0v) is 33.8. The van der Waals surface area contributed by atoms with Gasteiger partial charge in [-0.2, -0.15) is 0 Å². The third-order valence-corrected chi connectivity index (χ3v) is 7.05. The van der Waals surface area contributed by atoms with Gasteiger partial charge in [-0.05, 0) is 110 Å². The minimum atomic E-state index is -1.01. The van der Waals surface area contributed by atoms with Gasteiger partial charge < -0.3 is 30.7 Å². The maximum atomic E-state index is 13.1. The van der Waals surface area contributed by atoms with Gasteiger partial charge in [-0.3, -0.25) is 28.9 Å². The Morgan fingerprint density at radius 1 is 0.574 bits per heavy atom. The zero-order valence-electron chi connectivity index (χ0n) is 33.8. The predicted octanol–water partition coefficient (Wildman–Crippen LogP) is 4.68. The average Bonchev–Trinajstić information content (AvgIpc) is 3.06. The summed E-state index contributed by atoms with van der Waals surface area (Å²) in [6.45, 7) is 19.9. The van der Waals surface area contributed by atoms with Gasteiger partial charge in [0.05, 0.1) is 0 Å². The van der Waals surface area contributed by atoms with E-state index in [1.165, 1.54) is 24.3 Å². The number of hydroxylamine groups is 2. The molecule has 16 nitrogen and oxygen atoms in total. The second-order valence-corrected chi connectivity index (χ2v) is 15.8. The van der Waals surface area contributed by atoms with Gasteiger partial charge >= 0.3 is 12.2 Å². The van der Waals surface area contributed by atoms with E-state index in [9.17, 15) is 28.8 Å². The summed E-state index contributed by atoms with van der Waals surface area (Å²) in [7, 11) is 0. The van der Waals surface area contributed by atoms with Crippen molar-refractivity contribution >= 4 is 35.8 Å². The highest BCUT2D eigenvalue weighted by Crippen LogP contribution is 2.11. The first-order chi connectivity index (χ1) is 25.2. The van der Waals surface area contributed by atoms with Crippen LogP contribution in [0.2, 0.25) is 0 Å². The SMILES string of the molecule is CC(C)CNC(=O)[C@@H](CCCCNC(=O)OC(C)(C)C)ONC(=O)c1cccc(C(=O)NO[C@H](CCCCNC(=O)OC(C)(C)C)C(=O)NCC(C)C)c1. The van der Waals surface area contributed by atoms with Gasteiger partial charge in [0, 0.05) is 37.3 Å². The number of amides is 6. The molecule has 16 heteroatoms. The van der Waals surface area contributed by atoms with Crippen LogP contribution in [0.4, 0.5) is 9.59 Å². The second kappa shape index (κ2) is 24.1. The van der Waals surface area contributed by atoms with E-state index in [0.29, 0.717) is 51.9 Å². The number of unbranched alkanes of at least 4 members (excludes halogenated alkanes) is 2. The van der Waals surface area contributed by atoms with Crippen LogP contribution in [0.1, 0.15) is 128 Å². The Kier molecular flexibility index (Phi) is 21.2. The molecule has 0 fully saturated rings. The number of alkyl carbamates (subject to hydrolysis) is 2. The maximum Gasteiger partial charge on any atom is 0.407 e. The van der Waals surface area contributed by atoms with Crippen LogP contribution in [0.25, 0.3) is 0 Å². The fourth-order valence-corrected chi connectivity index (χ4v) is 4.41. The predicted molar refractivity (Wildman–Crippen MR) is 203 cm³/mol. The van der Waals surface area contributed by atoms with Crippen LogP contribution in [0.3, 0.4) is 0 Å². The molecule has 0 spiro atoms. The third-order valence-electron chi connectivity index (χ3n) is 7.05. The van der Waals surface area contributed by atoms with E-state index in [4.69, 9.17) is 19.1 Å². The highest BCUT2D eigenvalue weighted by Gasteiger charge is 2.24. The molecule has 0 aliphatic rings. The van der Waals surface area contributed by atoms with Crippen molar-refractivity contribution in [1.82, 2.24) is 32.2 Å². The van der Waals surface area contributed by atoms with E-state index < -0.39 is 59.2 Å². The molecule has 306 valence electrons. The van der Waals surface area contributed by atoms with E-state index in [0.717, 1.165) is 0 Å². The molecule has 2 atom stereocenters. The first-order valence-corrected chi connectivity index (χ1v) is 18.7. The summed E-state index contributed by atoms with van der Waals surface area (Å²) in [5.41, 5.74) is 3.56. The van der Waals surface area contributed by atoms with E-state index in [2.05, 4.69) is 32.2 Å². The Labute approximate surface area is 320 Å². The standard InChI is InChI=1S/C38H64N6O10/c1-25(2)23-41-33(47)29(18-11-13-20-39-35(49)51-37(5,6)7)53-43-31(45)27-16-15-17-28(22-27)32(46)44-54-30(34(48)42-24-26(3)4)19-12-14-21-40-36(50)52-38(8,9)10/h15-17,22,25-26,29-30H,11-14,18-21,23-24H2,1-10H3,(H,39,49)(H,40,50)(H,41,47)(H,42,48)(H,43,45)(H,44,46)/t29-,30-/m1/s1. The first-order valence-electron chi connectivity index (χ1n) is 18.7. The Bertz CT molecular complexity index is 1260. The molecule has 1 rings (SSSR count). The summed E-state index contributed by atoms with van der Waals surface area (Å²) in [4.78, 5) is 86.8. The Morgan fingerprint density at radius 3 is 1.28 bits per heavy atom. The first kappa shape index (κ1) is 47.6. The fourth-order valence-electron chi connectivity index (χ4n) is 4.41. The Morgan fingerprint density at radius 2 is 0.944 bits per heavy atom. The van der Waals surface area contributed by atoms with Crippen LogP contribution >= 0.6 is 0 Å². The van der Waals surface area contributed by atoms with Crippen LogP contribution in [-0.2, 0) is 28.7 Å². The minimum Gasteiger partial charge on any atom is -0.444 e. The number of benzene rings is 1. The Hall–Kier alpha value is -4.44. The number of ether oxygens (including phenoxy) is 2. The largest absolute Gasteiger partial charge is 0.444 e. The van der Waals surface area contributed by atoms with Gasteiger partial charge in [0.15, 0.2) is 12.2 Å². The molecule has 1 aromatic rings. The lowest BCUT2D eigenvalue weighted by atomic mass is 10.1. The molecule has 0 radical (unpaired) electrons. The molecule has 0 saturated heterocycles. The lowest BCUT2D eigenvalue weighted by Crippen LogP contribution is -2.42. The maximum absolute atomic E-state index is 13.1. The molecule has 6 amide bonds. The number of hydrogen-bond donors (Lipinski definition) is 6. The molecule has 0 aliphatic carbocycles. The lowest BCUT2D eigenvalue weighted by Gasteiger charge is -2.20. The fraction of sp³-hybridized carbons (Fsp3) is 0.684. The third kappa shape index (κ3) is 22.6. The van der Waals surface area contributed by atoms with Crippen molar-refractivity contribution in [3.05, 3.63) is 35.4 Å². The molecule has 6 N–H and O–H groups in total. The van der Waals surface area contributed by atoms with Crippen molar-refractivity contribution in [1.29, 1.82) is 0 Å². The number of hydrogen-bond acceptors (Lipinski definition) is 10. The summed E-state index contributed by atoms with van der Waals surface area (Å²) >= 11 is 0. The number of rotatable bonds is 22. The molecule has 54 heavy (non-hydrogen) atoms. The van der Waals surface area contributed by atoms with Crippen LogP contribution in [0, 0.1) is 11.8 Å². The highest BCUT2D eigenvalue weighted by atomic mass is 16.7. The molecular weight excluding hydrogens is 700 g/mol. The Balaban J connectivity index is 2.81. The summed E-state index contributed by atoms with van der Waals surface area (Å²) in [5, 5.41) is 11.0. The summed E-state index contributed by atoms with van der Waals surface area (Å²) in [5.74, 6) is -1.80. The highest BCUT2D eigenvalue weighted by molar-refractivity contribution is 5.99. The van der Waals surface area contributed by atoms with Gasteiger partial charge in [-0.1, -0.05) is 33.8 Å². The van der Waals surface area contributed by atoms with Crippen LogP contribution in [0.15, 0.2) is 24.3 Å². The van der Waals surface area contributed by atoms with Gasteiger partial charge in [0.2, 0.25) is 0 Å². The van der Waals surface area contributed by atoms with Gasteiger partial charge in [0.1, 0.15) is 11.2 Å². The zero-order chi connectivity index (χ0) is 40.9. The van der Waals surface area contributed by atoms with Gasteiger partial charge in [-0.25, -0.2) is 20.5 Å². The average molecular weight is 765 g/mol. The molecular formula is C38H64N6O10. The van der Waals surface area contributed by atoms with Crippen molar-refractivity contribution in [2.75, 3.05) is 26.2 Å². The summed E-state index contributed by atoms with van der Waals surface area (Å²) < 4.78 is 10.5. The van der Waals surface area contributed by atoms with Crippen molar-refractivity contribution < 1.29 is 47.9 Å². The smallest absolute Gasteiger partial charge is 0.407 e. The second-order valence-electron chi connectivity index (χ2n) is 15.8. The van der Waals surface area contributed by atoms with E-state index in [-0.39, 0.29) is 35.8 Å². The molecule has 0 heterocycles. The summed E-state index contributed by atoms with van der Waals surface area (Å²) in [6, 6.07) is 5.77. The van der Waals surface area contributed by atoms with Crippen molar-refractivity contribution in [2.45, 2.75) is 131 Å². The van der Waals surface area contributed by atoms with Crippen LogP contribution < -0.4 is 32.2 Å². The number of carbonyl (C=O) groups is 6. The molecule has 0 saturated carbocycles. The minimum absolute atomic E-state index is 0.0780. The van der Waals surface area contributed by atoms with E-state index >= 15 is 0 Å². The molecule has 1 aromatic carbocycles. The monoisotopic (exact) mass is 764 g/mol. The summed E-state index contributed by atoms with van der Waals surface area (Å²) in [6.07, 6.45) is -0.507. The number of nitrogens with one attached hydrogen (secondary N) is 6. The quantitative estimate of drug-likeness (QED) is 0.0709. The van der Waals surface area contributed by atoms with Gasteiger partial charge in [-0.15, -0.1) is 0 Å². The number of carbonyl (C=O) groups excluding carboxylic acids is 6. The van der Waals surface area contributed by atoms with Crippen molar-refractivity contribution in [2.24, 2.45) is 11.8 Å². The van der Waals surface area contributed by atoms with Crippen molar-refractivity contribution in [3.8, 4) is 0 Å². The van der Waals surface area contributed by atoms with Crippen LogP contribution in [0.5, 0.6) is 0 Å². The van der Waals surface area contributed by atoms with E-state index in [1.54, 1.807) is 41.5 Å². The topological polar surface area (TPSA) is 212 Å². The van der Waals surface area contributed by atoms with Gasteiger partial charge in [0.25, 0.3) is 23.6 Å². The lowest BCUT2D eigenvalue weighted by molar-refractivity contribution is -0.137. The molecule has 0 aliphatic heterocycles. The molecule has 0 unspecified atom stereocenters. The van der Waals surface area contributed by atoms with Crippen LogP contribution in [-0.4, -0.2) is 85.4 Å². The molecule has 0 aromatic heterocycles. The van der Waals surface area contributed by atoms with E-state index in [1.807, 2.05) is 27.7 Å². The normalized spacial score (nSPS) is 12.7. The van der Waals surface area contributed by atoms with Crippen molar-refractivity contribution in [3.63, 3.8) is 0 Å².